The van der Waals surface area contributed by atoms with Crippen LogP contribution in [0.1, 0.15) is 35.6 Å². The van der Waals surface area contributed by atoms with Gasteiger partial charge in [-0.05, 0) is 62.4 Å². The first-order chi connectivity index (χ1) is 15.4. The van der Waals surface area contributed by atoms with Crippen LogP contribution in [0, 0.1) is 0 Å². The summed E-state index contributed by atoms with van der Waals surface area (Å²) in [6.45, 7) is 5.65. The van der Waals surface area contributed by atoms with Gasteiger partial charge < -0.3 is 10.2 Å². The van der Waals surface area contributed by atoms with E-state index in [0.717, 1.165) is 30.9 Å². The highest BCUT2D eigenvalue weighted by Gasteiger charge is 2.42. The third kappa shape index (κ3) is 5.47. The SMILES string of the molecule is CCN(CC)c1ccc(C(=O)Nc2ccc(-n3nc(C(F)(F)F)cc3C(F)(F)F)cc2)cc1. The Kier molecular flexibility index (Phi) is 6.71. The number of anilines is 2. The predicted molar refractivity (Wildman–Crippen MR) is 112 cm³/mol. The normalized spacial score (nSPS) is 12.0. The first-order valence-electron chi connectivity index (χ1n) is 9.95. The Bertz CT molecular complexity index is 1100. The molecule has 1 amide bonds. The minimum atomic E-state index is -5.04. The molecular formula is C22H20F6N4O. The molecule has 0 aliphatic carbocycles. The van der Waals surface area contributed by atoms with E-state index in [2.05, 4.69) is 15.3 Å². The Morgan fingerprint density at radius 3 is 1.97 bits per heavy atom. The monoisotopic (exact) mass is 470 g/mol. The highest BCUT2D eigenvalue weighted by Crippen LogP contribution is 2.36. The largest absolute Gasteiger partial charge is 0.435 e. The number of rotatable bonds is 6. The zero-order chi connectivity index (χ0) is 24.4. The maximum atomic E-state index is 13.2. The second-order valence-corrected chi connectivity index (χ2v) is 7.04. The molecule has 0 spiro atoms. The average molecular weight is 470 g/mol. The number of benzene rings is 2. The molecule has 3 rings (SSSR count). The number of hydrogen-bond acceptors (Lipinski definition) is 3. The van der Waals surface area contributed by atoms with Crippen molar-refractivity contribution in [2.24, 2.45) is 0 Å². The molecule has 176 valence electrons. The van der Waals surface area contributed by atoms with Crippen LogP contribution in [-0.4, -0.2) is 28.8 Å². The second kappa shape index (κ2) is 9.16. The molecule has 11 heteroatoms. The molecule has 0 radical (unpaired) electrons. The summed E-state index contributed by atoms with van der Waals surface area (Å²) in [7, 11) is 0. The molecule has 0 unspecified atom stereocenters. The summed E-state index contributed by atoms with van der Waals surface area (Å²) < 4.78 is 78.4. The first kappa shape index (κ1) is 24.1. The Balaban J connectivity index is 1.80. The fraction of sp³-hybridized carbons (Fsp3) is 0.273. The van der Waals surface area contributed by atoms with E-state index >= 15 is 0 Å². The first-order valence-corrected chi connectivity index (χ1v) is 9.95. The standard InChI is InChI=1S/C22H20F6N4O/c1-3-31(4-2)16-9-5-14(6-10-16)20(33)29-15-7-11-17(12-8-15)32-19(22(26,27)28)13-18(30-32)21(23,24)25/h5-13H,3-4H2,1-2H3,(H,29,33). The van der Waals surface area contributed by atoms with Gasteiger partial charge in [-0.1, -0.05) is 0 Å². The molecule has 0 fully saturated rings. The van der Waals surface area contributed by atoms with Gasteiger partial charge in [-0.3, -0.25) is 4.79 Å². The van der Waals surface area contributed by atoms with E-state index in [-0.39, 0.29) is 22.1 Å². The zero-order valence-electron chi connectivity index (χ0n) is 17.6. The van der Waals surface area contributed by atoms with Crippen molar-refractivity contribution in [3.63, 3.8) is 0 Å². The van der Waals surface area contributed by atoms with Gasteiger partial charge in [0.25, 0.3) is 5.91 Å². The lowest BCUT2D eigenvalue weighted by Gasteiger charge is -2.21. The zero-order valence-corrected chi connectivity index (χ0v) is 17.6. The fourth-order valence-electron chi connectivity index (χ4n) is 3.22. The summed E-state index contributed by atoms with van der Waals surface area (Å²) in [5.41, 5.74) is -1.86. The van der Waals surface area contributed by atoms with E-state index in [9.17, 15) is 31.1 Å². The van der Waals surface area contributed by atoms with Crippen LogP contribution in [0.5, 0.6) is 0 Å². The lowest BCUT2D eigenvalue weighted by molar-refractivity contribution is -0.143. The summed E-state index contributed by atoms with van der Waals surface area (Å²) in [5.74, 6) is -0.441. The number of nitrogens with zero attached hydrogens (tertiary/aromatic N) is 3. The number of hydrogen-bond donors (Lipinski definition) is 1. The van der Waals surface area contributed by atoms with Gasteiger partial charge in [-0.2, -0.15) is 31.4 Å². The van der Waals surface area contributed by atoms with Crippen LogP contribution >= 0.6 is 0 Å². The average Bonchev–Trinajstić information content (AvgIpc) is 3.22. The molecule has 1 N–H and O–H groups in total. The number of amides is 1. The van der Waals surface area contributed by atoms with Gasteiger partial charge >= 0.3 is 12.4 Å². The predicted octanol–water partition coefficient (Wildman–Crippen LogP) is 6.01. The van der Waals surface area contributed by atoms with E-state index < -0.39 is 29.6 Å². The highest BCUT2D eigenvalue weighted by molar-refractivity contribution is 6.04. The van der Waals surface area contributed by atoms with Gasteiger partial charge in [0.15, 0.2) is 5.69 Å². The van der Waals surface area contributed by atoms with E-state index in [0.29, 0.717) is 5.56 Å². The molecule has 0 aliphatic heterocycles. The summed E-state index contributed by atoms with van der Waals surface area (Å²) >= 11 is 0. The van der Waals surface area contributed by atoms with Gasteiger partial charge in [0.1, 0.15) is 5.69 Å². The van der Waals surface area contributed by atoms with Gasteiger partial charge in [0.2, 0.25) is 0 Å². The van der Waals surface area contributed by atoms with Crippen molar-refractivity contribution in [2.75, 3.05) is 23.3 Å². The lowest BCUT2D eigenvalue weighted by atomic mass is 10.1. The van der Waals surface area contributed by atoms with E-state index in [1.807, 2.05) is 13.8 Å². The number of aromatic nitrogens is 2. The molecule has 0 bridgehead atoms. The minimum Gasteiger partial charge on any atom is -0.372 e. The number of carbonyl (C=O) groups is 1. The third-order valence-electron chi connectivity index (χ3n) is 4.92. The molecule has 0 saturated carbocycles. The van der Waals surface area contributed by atoms with Crippen molar-refractivity contribution < 1.29 is 31.1 Å². The molecule has 1 aromatic heterocycles. The van der Waals surface area contributed by atoms with Crippen LogP contribution in [0.4, 0.5) is 37.7 Å². The summed E-state index contributed by atoms with van der Waals surface area (Å²) in [5, 5.41) is 5.68. The maximum Gasteiger partial charge on any atom is 0.435 e. The fourth-order valence-corrected chi connectivity index (χ4v) is 3.22. The van der Waals surface area contributed by atoms with Crippen molar-refractivity contribution >= 4 is 17.3 Å². The van der Waals surface area contributed by atoms with Crippen LogP contribution in [-0.2, 0) is 12.4 Å². The topological polar surface area (TPSA) is 50.2 Å². The van der Waals surface area contributed by atoms with Crippen LogP contribution in [0.15, 0.2) is 54.6 Å². The van der Waals surface area contributed by atoms with Gasteiger partial charge in [-0.25, -0.2) is 4.68 Å². The van der Waals surface area contributed by atoms with Gasteiger partial charge in [-0.15, -0.1) is 0 Å². The van der Waals surface area contributed by atoms with Crippen molar-refractivity contribution in [2.45, 2.75) is 26.2 Å². The maximum absolute atomic E-state index is 13.2. The van der Waals surface area contributed by atoms with Gasteiger partial charge in [0.05, 0.1) is 5.69 Å². The van der Waals surface area contributed by atoms with Crippen molar-refractivity contribution in [1.82, 2.24) is 9.78 Å². The highest BCUT2D eigenvalue weighted by atomic mass is 19.4. The Morgan fingerprint density at radius 1 is 0.909 bits per heavy atom. The quantitative estimate of drug-likeness (QED) is 0.449. The van der Waals surface area contributed by atoms with Crippen LogP contribution < -0.4 is 10.2 Å². The molecular weight excluding hydrogens is 450 g/mol. The van der Waals surface area contributed by atoms with Crippen LogP contribution in [0.3, 0.4) is 0 Å². The lowest BCUT2D eigenvalue weighted by Crippen LogP contribution is -2.21. The van der Waals surface area contributed by atoms with Crippen molar-refractivity contribution in [3.8, 4) is 5.69 Å². The Hall–Kier alpha value is -3.50. The van der Waals surface area contributed by atoms with E-state index in [1.54, 1.807) is 24.3 Å². The molecule has 0 atom stereocenters. The molecule has 3 aromatic rings. The Morgan fingerprint density at radius 2 is 1.48 bits per heavy atom. The minimum absolute atomic E-state index is 0.0441. The molecule has 0 aliphatic rings. The molecule has 33 heavy (non-hydrogen) atoms. The summed E-state index contributed by atoms with van der Waals surface area (Å²) in [4.78, 5) is 14.6. The summed E-state index contributed by atoms with van der Waals surface area (Å²) in [6, 6.07) is 11.7. The van der Waals surface area contributed by atoms with Crippen LogP contribution in [0.25, 0.3) is 5.69 Å². The molecule has 2 aromatic carbocycles. The number of halogens is 6. The molecule has 1 heterocycles. The number of carbonyl (C=O) groups excluding carboxylic acids is 1. The van der Waals surface area contributed by atoms with Crippen molar-refractivity contribution in [3.05, 3.63) is 71.5 Å². The number of nitrogens with one attached hydrogen (secondary N) is 1. The molecule has 0 saturated heterocycles. The third-order valence-corrected chi connectivity index (χ3v) is 4.92. The molecule has 5 nitrogen and oxygen atoms in total. The second-order valence-electron chi connectivity index (χ2n) is 7.04. The van der Waals surface area contributed by atoms with E-state index in [1.165, 1.54) is 12.1 Å². The number of alkyl halides is 6. The van der Waals surface area contributed by atoms with Crippen molar-refractivity contribution in [1.29, 1.82) is 0 Å². The smallest absolute Gasteiger partial charge is 0.372 e. The Labute approximate surface area is 185 Å². The van der Waals surface area contributed by atoms with Gasteiger partial charge in [0, 0.05) is 36.1 Å². The summed E-state index contributed by atoms with van der Waals surface area (Å²) in [6.07, 6.45) is -10.1. The van der Waals surface area contributed by atoms with Crippen LogP contribution in [0.2, 0.25) is 0 Å². The van der Waals surface area contributed by atoms with E-state index in [4.69, 9.17) is 0 Å².